The van der Waals surface area contributed by atoms with E-state index < -0.39 is 5.97 Å². The van der Waals surface area contributed by atoms with Gasteiger partial charge in [0, 0.05) is 41.8 Å². The van der Waals surface area contributed by atoms with E-state index in [9.17, 15) is 9.90 Å². The second-order valence-electron chi connectivity index (χ2n) is 10.5. The minimum absolute atomic E-state index is 0.0214. The third-order valence-electron chi connectivity index (χ3n) is 7.86. The molecular formula is C37H38N2O2. The summed E-state index contributed by atoms with van der Waals surface area (Å²) in [6, 6.07) is 40.6. The van der Waals surface area contributed by atoms with Crippen LogP contribution in [0.25, 0.3) is 16.6 Å². The van der Waals surface area contributed by atoms with Crippen LogP contribution < -0.4 is 0 Å². The van der Waals surface area contributed by atoms with Crippen LogP contribution in [0.2, 0.25) is 0 Å². The van der Waals surface area contributed by atoms with Crippen LogP contribution >= 0.6 is 0 Å². The lowest BCUT2D eigenvalue weighted by atomic mass is 9.88. The summed E-state index contributed by atoms with van der Waals surface area (Å²) in [4.78, 5) is 13.9. The lowest BCUT2D eigenvalue weighted by Crippen LogP contribution is -2.26. The highest BCUT2D eigenvalue weighted by Gasteiger charge is 2.18. The molecule has 0 unspecified atom stereocenters. The Balaban J connectivity index is 1.37. The van der Waals surface area contributed by atoms with Gasteiger partial charge in [-0.15, -0.1) is 0 Å². The van der Waals surface area contributed by atoms with Gasteiger partial charge in [0.1, 0.15) is 6.54 Å². The van der Waals surface area contributed by atoms with E-state index in [0.717, 1.165) is 43.3 Å². The van der Waals surface area contributed by atoms with Crippen molar-refractivity contribution in [2.75, 3.05) is 13.1 Å². The average molecular weight is 543 g/mol. The van der Waals surface area contributed by atoms with Gasteiger partial charge in [-0.3, -0.25) is 4.79 Å². The summed E-state index contributed by atoms with van der Waals surface area (Å²) >= 11 is 0. The van der Waals surface area contributed by atoms with Gasteiger partial charge in [-0.2, -0.15) is 0 Å². The molecular weight excluding hydrogens is 504 g/mol. The van der Waals surface area contributed by atoms with Gasteiger partial charge < -0.3 is 14.6 Å². The van der Waals surface area contributed by atoms with Crippen molar-refractivity contribution in [1.29, 1.82) is 0 Å². The van der Waals surface area contributed by atoms with E-state index >= 15 is 0 Å². The van der Waals surface area contributed by atoms with Crippen molar-refractivity contribution in [2.45, 2.75) is 38.6 Å². The third kappa shape index (κ3) is 6.96. The monoisotopic (exact) mass is 542 g/mol. The highest BCUT2D eigenvalue weighted by molar-refractivity contribution is 5.85. The number of carboxylic acids is 1. The number of aryl methyl sites for hydroxylation is 1. The van der Waals surface area contributed by atoms with Crippen molar-refractivity contribution in [3.8, 4) is 0 Å². The largest absolute Gasteiger partial charge is 0.480 e. The summed E-state index contributed by atoms with van der Waals surface area (Å²) in [5.41, 5.74) is 7.43. The van der Waals surface area contributed by atoms with Crippen LogP contribution in [-0.4, -0.2) is 33.6 Å². The fraction of sp³-hybridized carbons (Fsp3) is 0.216. The molecule has 0 aliphatic heterocycles. The summed E-state index contributed by atoms with van der Waals surface area (Å²) in [6.45, 7) is 3.97. The molecule has 4 heteroatoms. The Morgan fingerprint density at radius 1 is 0.805 bits per heavy atom. The smallest absolute Gasteiger partial charge is 0.323 e. The Hall–Kier alpha value is -4.57. The molecule has 0 aliphatic rings. The molecule has 1 aromatic heterocycles. The maximum Gasteiger partial charge on any atom is 0.323 e. The van der Waals surface area contributed by atoms with E-state index in [1.165, 1.54) is 28.0 Å². The number of allylic oxidation sites excluding steroid dienone is 1. The van der Waals surface area contributed by atoms with Gasteiger partial charge in [0.15, 0.2) is 0 Å². The van der Waals surface area contributed by atoms with Gasteiger partial charge in [-0.05, 0) is 60.6 Å². The van der Waals surface area contributed by atoms with Gasteiger partial charge in [-0.1, -0.05) is 109 Å². The van der Waals surface area contributed by atoms with Gasteiger partial charge in [0.2, 0.25) is 0 Å². The number of carboxylic acid groups (broad SMARTS) is 1. The topological polar surface area (TPSA) is 45.5 Å². The molecule has 0 bridgehead atoms. The Labute approximate surface area is 243 Å². The average Bonchev–Trinajstić information content (AvgIpc) is 3.42. The van der Waals surface area contributed by atoms with E-state index in [1.54, 1.807) is 0 Å². The third-order valence-corrected chi connectivity index (χ3v) is 7.86. The zero-order valence-electron chi connectivity index (χ0n) is 23.7. The predicted molar refractivity (Wildman–Crippen MR) is 169 cm³/mol. The molecule has 0 atom stereocenters. The van der Waals surface area contributed by atoms with Crippen LogP contribution in [0.5, 0.6) is 0 Å². The van der Waals surface area contributed by atoms with Crippen LogP contribution in [0.3, 0.4) is 0 Å². The molecule has 5 rings (SSSR count). The molecule has 0 radical (unpaired) electrons. The maximum atomic E-state index is 11.3. The van der Waals surface area contributed by atoms with E-state index in [1.807, 2.05) is 22.9 Å². The molecule has 4 aromatic carbocycles. The van der Waals surface area contributed by atoms with Gasteiger partial charge >= 0.3 is 5.97 Å². The molecule has 1 N–H and O–H groups in total. The minimum Gasteiger partial charge on any atom is -0.480 e. The highest BCUT2D eigenvalue weighted by atomic mass is 16.4. The lowest BCUT2D eigenvalue weighted by Gasteiger charge is -2.30. The molecule has 0 fully saturated rings. The number of hydrogen-bond donors (Lipinski definition) is 1. The van der Waals surface area contributed by atoms with Crippen LogP contribution in [-0.2, 0) is 17.8 Å². The first-order valence-corrected chi connectivity index (χ1v) is 14.5. The van der Waals surface area contributed by atoms with Crippen molar-refractivity contribution in [1.82, 2.24) is 9.47 Å². The van der Waals surface area contributed by atoms with Crippen molar-refractivity contribution in [2.24, 2.45) is 0 Å². The summed E-state index contributed by atoms with van der Waals surface area (Å²) in [7, 11) is 0. The summed E-state index contributed by atoms with van der Waals surface area (Å²) in [5.74, 6) is -0.510. The fourth-order valence-corrected chi connectivity index (χ4v) is 5.92. The fourth-order valence-electron chi connectivity index (χ4n) is 5.92. The van der Waals surface area contributed by atoms with Crippen molar-refractivity contribution in [3.05, 3.63) is 150 Å². The number of carbonyl (C=O) groups is 1. The normalized spacial score (nSPS) is 11.7. The Bertz CT molecular complexity index is 1530. The SMILES string of the molecule is CC=C(c1ccccc1)N(CCCc1cccc2c1ccn2CC(=O)O)CCC(c1ccccc1)c1ccccc1. The van der Waals surface area contributed by atoms with Crippen LogP contribution in [0.1, 0.15) is 47.9 Å². The number of nitrogens with zero attached hydrogens (tertiary/aromatic N) is 2. The molecule has 5 aromatic rings. The van der Waals surface area contributed by atoms with Crippen LogP contribution in [0.15, 0.2) is 128 Å². The quantitative estimate of drug-likeness (QED) is 0.163. The van der Waals surface area contributed by atoms with E-state index in [2.05, 4.69) is 121 Å². The first-order chi connectivity index (χ1) is 20.1. The summed E-state index contributed by atoms with van der Waals surface area (Å²) in [6.07, 6.45) is 7.05. The van der Waals surface area contributed by atoms with E-state index in [-0.39, 0.29) is 6.54 Å². The summed E-state index contributed by atoms with van der Waals surface area (Å²) < 4.78 is 1.81. The lowest BCUT2D eigenvalue weighted by molar-refractivity contribution is -0.137. The molecule has 4 nitrogen and oxygen atoms in total. The van der Waals surface area contributed by atoms with Gasteiger partial charge in [-0.25, -0.2) is 0 Å². The van der Waals surface area contributed by atoms with Crippen LogP contribution in [0.4, 0.5) is 0 Å². The van der Waals surface area contributed by atoms with Crippen molar-refractivity contribution < 1.29 is 9.90 Å². The second-order valence-corrected chi connectivity index (χ2v) is 10.5. The minimum atomic E-state index is -0.826. The number of hydrogen-bond acceptors (Lipinski definition) is 2. The molecule has 0 amide bonds. The van der Waals surface area contributed by atoms with Crippen LogP contribution in [0, 0.1) is 0 Å². The molecule has 41 heavy (non-hydrogen) atoms. The number of rotatable bonds is 13. The maximum absolute atomic E-state index is 11.3. The Kier molecular flexibility index (Phi) is 9.33. The summed E-state index contributed by atoms with van der Waals surface area (Å²) in [5, 5.41) is 10.4. The molecule has 0 saturated heterocycles. The standard InChI is InChI=1S/C37H38N2O2/c1-2-35(32-18-10-5-11-19-32)38(26-23-33(29-14-6-3-7-15-29)30-16-8-4-9-17-30)25-13-21-31-20-12-22-36-34(31)24-27-39(36)28-37(40)41/h2-12,14-20,22,24,27,33H,13,21,23,25-26,28H2,1H3,(H,40,41). The van der Waals surface area contributed by atoms with E-state index in [0.29, 0.717) is 5.92 Å². The van der Waals surface area contributed by atoms with Crippen molar-refractivity contribution in [3.63, 3.8) is 0 Å². The molecule has 208 valence electrons. The predicted octanol–water partition coefficient (Wildman–Crippen LogP) is 8.24. The molecule has 1 heterocycles. The number of benzene rings is 4. The molecule has 0 spiro atoms. The van der Waals surface area contributed by atoms with Crippen molar-refractivity contribution >= 4 is 22.6 Å². The number of aromatic nitrogens is 1. The van der Waals surface area contributed by atoms with E-state index in [4.69, 9.17) is 0 Å². The first kappa shape index (κ1) is 28.0. The van der Waals surface area contributed by atoms with Gasteiger partial charge in [0.05, 0.1) is 0 Å². The number of aliphatic carboxylic acids is 1. The Morgan fingerprint density at radius 2 is 1.44 bits per heavy atom. The molecule has 0 saturated carbocycles. The first-order valence-electron chi connectivity index (χ1n) is 14.5. The second kappa shape index (κ2) is 13.7. The Morgan fingerprint density at radius 3 is 2.05 bits per heavy atom. The zero-order chi connectivity index (χ0) is 28.4. The number of fused-ring (bicyclic) bond motifs is 1. The highest BCUT2D eigenvalue weighted by Crippen LogP contribution is 2.30. The zero-order valence-corrected chi connectivity index (χ0v) is 23.7. The van der Waals surface area contributed by atoms with Gasteiger partial charge in [0.25, 0.3) is 0 Å². The molecule has 0 aliphatic carbocycles.